The summed E-state index contributed by atoms with van der Waals surface area (Å²) in [7, 11) is 0. The first-order chi connectivity index (χ1) is 16.1. The first kappa shape index (κ1) is 22.7. The van der Waals surface area contributed by atoms with Gasteiger partial charge in [-0.15, -0.1) is 5.10 Å². The Morgan fingerprint density at radius 2 is 1.76 bits per heavy atom. The molecule has 3 aromatic rings. The topological polar surface area (TPSA) is 93.3 Å². The average molecular weight is 478 g/mol. The van der Waals surface area contributed by atoms with Crippen LogP contribution in [0.3, 0.4) is 0 Å². The molecule has 3 aliphatic carbocycles. The van der Waals surface area contributed by atoms with Gasteiger partial charge in [0.1, 0.15) is 30.3 Å². The van der Waals surface area contributed by atoms with Crippen molar-refractivity contribution in [1.29, 1.82) is 0 Å². The second-order valence-corrected chi connectivity index (χ2v) is 9.25. The van der Waals surface area contributed by atoms with Crippen LogP contribution >= 0.6 is 0 Å². The molecule has 3 fully saturated rings. The van der Waals surface area contributed by atoms with Gasteiger partial charge in [0.05, 0.1) is 13.2 Å². The molecular formula is C23H22F4N4O3. The summed E-state index contributed by atoms with van der Waals surface area (Å²) in [5, 5.41) is 30.6. The number of aliphatic hydroxyl groups excluding tert-OH is 1. The molecule has 1 heterocycles. The average Bonchev–Trinajstić information content (AvgIpc) is 3.23. The molecule has 0 aliphatic heterocycles. The van der Waals surface area contributed by atoms with Gasteiger partial charge in [-0.25, -0.2) is 22.2 Å². The minimum Gasteiger partial charge on any atom is -0.491 e. The fraction of sp³-hybridized carbons (Fsp3) is 0.435. The van der Waals surface area contributed by atoms with Crippen LogP contribution in [0, 0.1) is 17.0 Å². The summed E-state index contributed by atoms with van der Waals surface area (Å²) in [4.78, 5) is 0. The summed E-state index contributed by atoms with van der Waals surface area (Å²) in [6.07, 6.45) is 1.35. The van der Waals surface area contributed by atoms with E-state index in [1.54, 1.807) is 24.3 Å². The van der Waals surface area contributed by atoms with E-state index in [0.717, 1.165) is 28.7 Å². The molecular weight excluding hydrogens is 456 g/mol. The molecule has 11 heteroatoms. The van der Waals surface area contributed by atoms with Crippen molar-refractivity contribution in [3.63, 3.8) is 0 Å². The van der Waals surface area contributed by atoms with Crippen LogP contribution in [0.25, 0.3) is 0 Å². The van der Waals surface area contributed by atoms with Gasteiger partial charge in [-0.1, -0.05) is 12.1 Å². The van der Waals surface area contributed by atoms with E-state index < -0.39 is 46.1 Å². The maximum absolute atomic E-state index is 16.2. The highest BCUT2D eigenvalue weighted by Crippen LogP contribution is 2.80. The predicted octanol–water partition coefficient (Wildman–Crippen LogP) is 2.97. The molecule has 34 heavy (non-hydrogen) atoms. The van der Waals surface area contributed by atoms with Gasteiger partial charge in [-0.05, 0) is 64.9 Å². The fourth-order valence-corrected chi connectivity index (χ4v) is 5.60. The number of aliphatic hydroxyl groups is 2. The quantitative estimate of drug-likeness (QED) is 0.460. The van der Waals surface area contributed by atoms with Crippen molar-refractivity contribution in [3.8, 4) is 5.75 Å². The first-order valence-electron chi connectivity index (χ1n) is 10.8. The van der Waals surface area contributed by atoms with Gasteiger partial charge in [-0.3, -0.25) is 0 Å². The zero-order chi connectivity index (χ0) is 24.2. The molecule has 0 amide bonds. The summed E-state index contributed by atoms with van der Waals surface area (Å²) >= 11 is 0. The molecule has 0 saturated heterocycles. The number of aromatic nitrogens is 4. The van der Waals surface area contributed by atoms with Crippen LogP contribution in [0.15, 0.2) is 48.8 Å². The highest BCUT2D eigenvalue weighted by Gasteiger charge is 2.82. The second-order valence-electron chi connectivity index (χ2n) is 9.25. The van der Waals surface area contributed by atoms with Gasteiger partial charge in [0, 0.05) is 17.0 Å². The van der Waals surface area contributed by atoms with Crippen molar-refractivity contribution in [2.24, 2.45) is 5.41 Å². The third kappa shape index (κ3) is 3.21. The fourth-order valence-electron chi connectivity index (χ4n) is 5.60. The molecule has 3 aliphatic rings. The Hall–Kier alpha value is -3.05. The largest absolute Gasteiger partial charge is 0.491 e. The van der Waals surface area contributed by atoms with Crippen molar-refractivity contribution >= 4 is 0 Å². The molecule has 180 valence electrons. The maximum atomic E-state index is 16.2. The van der Waals surface area contributed by atoms with Crippen molar-refractivity contribution in [3.05, 3.63) is 71.6 Å². The van der Waals surface area contributed by atoms with Gasteiger partial charge in [0.2, 0.25) is 0 Å². The number of halogens is 4. The van der Waals surface area contributed by atoms with Crippen molar-refractivity contribution in [1.82, 2.24) is 20.2 Å². The molecule has 0 unspecified atom stereocenters. The lowest BCUT2D eigenvalue weighted by Crippen LogP contribution is -2.76. The van der Waals surface area contributed by atoms with Gasteiger partial charge < -0.3 is 14.9 Å². The van der Waals surface area contributed by atoms with Crippen LogP contribution in [-0.2, 0) is 17.6 Å². The highest BCUT2D eigenvalue weighted by molar-refractivity contribution is 5.44. The third-order valence-corrected chi connectivity index (χ3v) is 7.20. The Morgan fingerprint density at radius 1 is 1.06 bits per heavy atom. The SMILES string of the molecule is OCCOc1ccc(C23CC(C(F)(F)[C@](O)(Cn4cnnn4)c4ccc(F)cc4F)(C2)C3)cc1. The number of tetrazole rings is 1. The van der Waals surface area contributed by atoms with Crippen LogP contribution in [0.1, 0.15) is 30.4 Å². The number of hydrogen-bond acceptors (Lipinski definition) is 6. The molecule has 0 spiro atoms. The standard InChI is InChI=1S/C23H22F4N4O3/c24-16-3-6-18(19(25)9-16)22(33,13-31-14-28-29-30-31)23(26,27)21-10-20(11-21,12-21)15-1-4-17(5-2-15)34-8-7-32/h1-6,9,14,32-33H,7-8,10-13H2/t20?,21?,22-/m0/s1. The van der Waals surface area contributed by atoms with Crippen LogP contribution < -0.4 is 4.74 Å². The lowest BCUT2D eigenvalue weighted by atomic mass is 9.30. The molecule has 7 nitrogen and oxygen atoms in total. The number of hydrogen-bond donors (Lipinski definition) is 2. The van der Waals surface area contributed by atoms with Crippen LogP contribution in [0.4, 0.5) is 17.6 Å². The minimum absolute atomic E-state index is 0.102. The number of ether oxygens (including phenoxy) is 1. The Balaban J connectivity index is 1.43. The van der Waals surface area contributed by atoms with Crippen LogP contribution in [0.2, 0.25) is 0 Å². The minimum atomic E-state index is -3.77. The van der Waals surface area contributed by atoms with E-state index in [2.05, 4.69) is 15.5 Å². The maximum Gasteiger partial charge on any atom is 0.287 e. The van der Waals surface area contributed by atoms with Crippen molar-refractivity contribution in [2.75, 3.05) is 13.2 Å². The van der Waals surface area contributed by atoms with Gasteiger partial charge in [-0.2, -0.15) is 0 Å². The number of rotatable bonds is 9. The zero-order valence-electron chi connectivity index (χ0n) is 18.0. The summed E-state index contributed by atoms with van der Waals surface area (Å²) in [6, 6.07) is 9.20. The normalized spacial score (nSPS) is 25.2. The van der Waals surface area contributed by atoms with E-state index in [4.69, 9.17) is 9.84 Å². The van der Waals surface area contributed by atoms with Gasteiger partial charge in [0.15, 0.2) is 5.60 Å². The van der Waals surface area contributed by atoms with Crippen molar-refractivity contribution < 1.29 is 32.5 Å². The molecule has 0 radical (unpaired) electrons. The smallest absolute Gasteiger partial charge is 0.287 e. The van der Waals surface area contributed by atoms with Crippen LogP contribution in [0.5, 0.6) is 5.75 Å². The first-order valence-corrected chi connectivity index (χ1v) is 10.8. The molecule has 1 aromatic heterocycles. The Morgan fingerprint density at radius 3 is 2.35 bits per heavy atom. The summed E-state index contributed by atoms with van der Waals surface area (Å²) in [5.41, 5.74) is -4.86. The Kier molecular flexibility index (Phi) is 5.17. The zero-order valence-corrected chi connectivity index (χ0v) is 18.0. The van der Waals surface area contributed by atoms with E-state index >= 15 is 8.78 Å². The molecule has 2 N–H and O–H groups in total. The number of benzene rings is 2. The van der Waals surface area contributed by atoms with Crippen LogP contribution in [-0.4, -0.2) is 49.6 Å². The van der Waals surface area contributed by atoms with E-state index in [9.17, 15) is 13.9 Å². The lowest BCUT2D eigenvalue weighted by Gasteiger charge is -2.74. The number of alkyl halides is 2. The Bertz CT molecular complexity index is 1170. The molecule has 1 atom stereocenters. The van der Waals surface area contributed by atoms with E-state index in [-0.39, 0.29) is 32.5 Å². The van der Waals surface area contributed by atoms with E-state index in [0.29, 0.717) is 11.8 Å². The molecule has 2 bridgehead atoms. The van der Waals surface area contributed by atoms with E-state index in [1.165, 1.54) is 0 Å². The molecule has 3 saturated carbocycles. The third-order valence-electron chi connectivity index (χ3n) is 7.20. The number of nitrogens with zero attached hydrogens (tertiary/aromatic N) is 4. The van der Waals surface area contributed by atoms with Gasteiger partial charge in [0.25, 0.3) is 5.92 Å². The van der Waals surface area contributed by atoms with Gasteiger partial charge >= 0.3 is 0 Å². The predicted molar refractivity (Wildman–Crippen MR) is 110 cm³/mol. The van der Waals surface area contributed by atoms with Crippen molar-refractivity contribution in [2.45, 2.75) is 42.7 Å². The summed E-state index contributed by atoms with van der Waals surface area (Å²) in [5.74, 6) is -5.41. The molecule has 6 rings (SSSR count). The lowest BCUT2D eigenvalue weighted by molar-refractivity contribution is -0.347. The highest BCUT2D eigenvalue weighted by atomic mass is 19.3. The second kappa shape index (κ2) is 7.74. The van der Waals surface area contributed by atoms with E-state index in [1.807, 2.05) is 0 Å². The monoisotopic (exact) mass is 478 g/mol. The molecule has 2 aromatic carbocycles. The Labute approximate surface area is 192 Å². The summed E-state index contributed by atoms with van der Waals surface area (Å²) < 4.78 is 66.7. The summed E-state index contributed by atoms with van der Waals surface area (Å²) in [6.45, 7) is -0.771.